The summed E-state index contributed by atoms with van der Waals surface area (Å²) >= 11 is 7.85. The SMILES string of the molecule is O=C(O)CN1CCN(Cc2ccc(-c3cccc(Cl)c3)s2)CC1. The summed E-state index contributed by atoms with van der Waals surface area (Å²) in [5, 5.41) is 9.59. The molecule has 1 aliphatic rings. The van der Waals surface area contributed by atoms with Gasteiger partial charge in [-0.15, -0.1) is 11.3 Å². The van der Waals surface area contributed by atoms with Gasteiger partial charge in [0, 0.05) is 47.5 Å². The minimum absolute atomic E-state index is 0.145. The third kappa shape index (κ3) is 4.54. The van der Waals surface area contributed by atoms with E-state index in [4.69, 9.17) is 16.7 Å². The van der Waals surface area contributed by atoms with Gasteiger partial charge in [-0.1, -0.05) is 23.7 Å². The molecule has 1 fully saturated rings. The molecule has 0 bridgehead atoms. The number of carboxylic acid groups (broad SMARTS) is 1. The van der Waals surface area contributed by atoms with E-state index >= 15 is 0 Å². The Hall–Kier alpha value is -1.40. The fourth-order valence-corrected chi connectivity index (χ4v) is 4.01. The molecule has 122 valence electrons. The van der Waals surface area contributed by atoms with Crippen molar-refractivity contribution in [3.63, 3.8) is 0 Å². The normalized spacial score (nSPS) is 16.6. The molecule has 0 saturated carbocycles. The van der Waals surface area contributed by atoms with Crippen LogP contribution in [0.3, 0.4) is 0 Å². The van der Waals surface area contributed by atoms with Crippen LogP contribution in [0.15, 0.2) is 36.4 Å². The predicted octanol–water partition coefficient (Wildman–Crippen LogP) is 3.27. The first-order valence-electron chi connectivity index (χ1n) is 7.61. The highest BCUT2D eigenvalue weighted by molar-refractivity contribution is 7.15. The number of piperazine rings is 1. The molecule has 1 aromatic carbocycles. The molecule has 1 aliphatic heterocycles. The quantitative estimate of drug-likeness (QED) is 0.898. The number of nitrogens with zero attached hydrogens (tertiary/aromatic N) is 2. The molecule has 1 saturated heterocycles. The van der Waals surface area contributed by atoms with Crippen LogP contribution in [0.2, 0.25) is 5.02 Å². The molecule has 0 amide bonds. The summed E-state index contributed by atoms with van der Waals surface area (Å²) < 4.78 is 0. The maximum absolute atomic E-state index is 10.7. The highest BCUT2D eigenvalue weighted by Crippen LogP contribution is 2.30. The van der Waals surface area contributed by atoms with Crippen molar-refractivity contribution in [3.8, 4) is 10.4 Å². The Labute approximate surface area is 144 Å². The predicted molar refractivity (Wildman–Crippen MR) is 94.1 cm³/mol. The second kappa shape index (κ2) is 7.45. The zero-order valence-corrected chi connectivity index (χ0v) is 14.3. The van der Waals surface area contributed by atoms with E-state index in [0.717, 1.165) is 43.3 Å². The number of benzene rings is 1. The molecule has 4 nitrogen and oxygen atoms in total. The standard InChI is InChI=1S/C17H19ClN2O2S/c18-14-3-1-2-13(10-14)16-5-4-15(23-16)11-19-6-8-20(9-7-19)12-17(21)22/h1-5,10H,6-9,11-12H2,(H,21,22). The van der Waals surface area contributed by atoms with Gasteiger partial charge in [-0.25, -0.2) is 0 Å². The summed E-state index contributed by atoms with van der Waals surface area (Å²) in [4.78, 5) is 17.7. The van der Waals surface area contributed by atoms with E-state index in [1.54, 1.807) is 11.3 Å². The second-order valence-corrected chi connectivity index (χ2v) is 7.33. The lowest BCUT2D eigenvalue weighted by atomic mass is 10.2. The van der Waals surface area contributed by atoms with Gasteiger partial charge < -0.3 is 5.11 Å². The third-order valence-electron chi connectivity index (χ3n) is 3.97. The lowest BCUT2D eigenvalue weighted by molar-refractivity contribution is -0.138. The summed E-state index contributed by atoms with van der Waals surface area (Å²) in [5.74, 6) is -0.747. The van der Waals surface area contributed by atoms with Crippen molar-refractivity contribution >= 4 is 28.9 Å². The first-order valence-corrected chi connectivity index (χ1v) is 8.81. The molecule has 1 aromatic heterocycles. The van der Waals surface area contributed by atoms with E-state index in [9.17, 15) is 4.79 Å². The van der Waals surface area contributed by atoms with E-state index in [-0.39, 0.29) is 6.54 Å². The largest absolute Gasteiger partial charge is 0.480 e. The van der Waals surface area contributed by atoms with Gasteiger partial charge in [-0.05, 0) is 29.8 Å². The average molecular weight is 351 g/mol. The van der Waals surface area contributed by atoms with Gasteiger partial charge in [0.15, 0.2) is 0 Å². The Morgan fingerprint density at radius 3 is 2.57 bits per heavy atom. The molecule has 2 heterocycles. The molecule has 3 rings (SSSR count). The summed E-state index contributed by atoms with van der Waals surface area (Å²) in [6, 6.07) is 12.2. The maximum atomic E-state index is 10.7. The monoisotopic (exact) mass is 350 g/mol. The maximum Gasteiger partial charge on any atom is 0.317 e. The van der Waals surface area contributed by atoms with Gasteiger partial charge >= 0.3 is 5.97 Å². The molecule has 0 spiro atoms. The van der Waals surface area contributed by atoms with Crippen LogP contribution < -0.4 is 0 Å². The van der Waals surface area contributed by atoms with Crippen molar-refractivity contribution in [3.05, 3.63) is 46.3 Å². The fraction of sp³-hybridized carbons (Fsp3) is 0.353. The first kappa shape index (κ1) is 16.5. The van der Waals surface area contributed by atoms with Crippen molar-refractivity contribution in [2.24, 2.45) is 0 Å². The molecular formula is C17H19ClN2O2S. The molecule has 6 heteroatoms. The van der Waals surface area contributed by atoms with Crippen LogP contribution in [0.1, 0.15) is 4.88 Å². The number of hydrogen-bond acceptors (Lipinski definition) is 4. The van der Waals surface area contributed by atoms with Crippen LogP contribution in [-0.2, 0) is 11.3 Å². The van der Waals surface area contributed by atoms with Crippen molar-refractivity contribution < 1.29 is 9.90 Å². The zero-order chi connectivity index (χ0) is 16.2. The van der Waals surface area contributed by atoms with Crippen molar-refractivity contribution in [1.29, 1.82) is 0 Å². The number of rotatable bonds is 5. The van der Waals surface area contributed by atoms with Crippen LogP contribution in [0.4, 0.5) is 0 Å². The van der Waals surface area contributed by atoms with Crippen LogP contribution in [0.25, 0.3) is 10.4 Å². The Balaban J connectivity index is 1.57. The Morgan fingerprint density at radius 2 is 1.87 bits per heavy atom. The summed E-state index contributed by atoms with van der Waals surface area (Å²) in [7, 11) is 0. The van der Waals surface area contributed by atoms with Crippen LogP contribution in [0, 0.1) is 0 Å². The molecule has 0 atom stereocenters. The highest BCUT2D eigenvalue weighted by Gasteiger charge is 2.19. The molecule has 0 radical (unpaired) electrons. The van der Waals surface area contributed by atoms with Crippen molar-refractivity contribution in [2.75, 3.05) is 32.7 Å². The smallest absolute Gasteiger partial charge is 0.317 e. The lowest BCUT2D eigenvalue weighted by Crippen LogP contribution is -2.47. The average Bonchev–Trinajstić information content (AvgIpc) is 2.97. The van der Waals surface area contributed by atoms with E-state index in [2.05, 4.69) is 23.1 Å². The van der Waals surface area contributed by atoms with E-state index in [1.165, 1.54) is 9.75 Å². The Morgan fingerprint density at radius 1 is 1.13 bits per heavy atom. The molecule has 2 aromatic rings. The van der Waals surface area contributed by atoms with E-state index in [1.807, 2.05) is 23.1 Å². The van der Waals surface area contributed by atoms with E-state index < -0.39 is 5.97 Å². The van der Waals surface area contributed by atoms with Crippen molar-refractivity contribution in [2.45, 2.75) is 6.54 Å². The zero-order valence-electron chi connectivity index (χ0n) is 12.7. The number of carbonyl (C=O) groups is 1. The molecule has 1 N–H and O–H groups in total. The highest BCUT2D eigenvalue weighted by atomic mass is 35.5. The molecule has 23 heavy (non-hydrogen) atoms. The summed E-state index contributed by atoms with van der Waals surface area (Å²) in [6.07, 6.45) is 0. The van der Waals surface area contributed by atoms with Crippen LogP contribution in [-0.4, -0.2) is 53.6 Å². The van der Waals surface area contributed by atoms with Crippen molar-refractivity contribution in [1.82, 2.24) is 9.80 Å². The Kier molecular flexibility index (Phi) is 5.33. The minimum Gasteiger partial charge on any atom is -0.480 e. The number of thiophene rings is 1. The van der Waals surface area contributed by atoms with Gasteiger partial charge in [-0.2, -0.15) is 0 Å². The topological polar surface area (TPSA) is 43.8 Å². The third-order valence-corrected chi connectivity index (χ3v) is 5.33. The number of carboxylic acids is 1. The van der Waals surface area contributed by atoms with Gasteiger partial charge in [0.1, 0.15) is 0 Å². The summed E-state index contributed by atoms with van der Waals surface area (Å²) in [5.41, 5.74) is 1.15. The van der Waals surface area contributed by atoms with Gasteiger partial charge in [0.2, 0.25) is 0 Å². The number of halogens is 1. The van der Waals surface area contributed by atoms with Crippen LogP contribution in [0.5, 0.6) is 0 Å². The van der Waals surface area contributed by atoms with Crippen LogP contribution >= 0.6 is 22.9 Å². The molecular weight excluding hydrogens is 332 g/mol. The number of aliphatic carboxylic acids is 1. The molecule has 0 unspecified atom stereocenters. The first-order chi connectivity index (χ1) is 11.1. The Bertz CT molecular complexity index is 681. The van der Waals surface area contributed by atoms with Gasteiger partial charge in [-0.3, -0.25) is 14.6 Å². The number of hydrogen-bond donors (Lipinski definition) is 1. The fourth-order valence-electron chi connectivity index (χ4n) is 2.78. The molecule has 0 aliphatic carbocycles. The summed E-state index contributed by atoms with van der Waals surface area (Å²) in [6.45, 7) is 4.53. The van der Waals surface area contributed by atoms with Gasteiger partial charge in [0.25, 0.3) is 0 Å². The minimum atomic E-state index is -0.747. The lowest BCUT2D eigenvalue weighted by Gasteiger charge is -2.33. The van der Waals surface area contributed by atoms with E-state index in [0.29, 0.717) is 0 Å². The second-order valence-electron chi connectivity index (χ2n) is 5.72. The van der Waals surface area contributed by atoms with Gasteiger partial charge in [0.05, 0.1) is 6.54 Å².